The molecule has 5 fully saturated rings. The van der Waals surface area contributed by atoms with Crippen molar-refractivity contribution in [3.8, 4) is 0 Å². The monoisotopic (exact) mass is 319 g/mol. The van der Waals surface area contributed by atoms with Crippen molar-refractivity contribution < 1.29 is 4.74 Å². The first kappa shape index (κ1) is 15.7. The molecule has 4 heteroatoms. The molecule has 1 unspecified atom stereocenters. The number of nitrogens with zero attached hydrogens (tertiary/aromatic N) is 2. The highest BCUT2D eigenvalue weighted by atomic mass is 16.5. The average molecular weight is 319 g/mol. The molecule has 0 aromatic rings. The molecular formula is C19H33N3O. The van der Waals surface area contributed by atoms with E-state index in [1.165, 1.54) is 44.9 Å². The van der Waals surface area contributed by atoms with Crippen LogP contribution in [-0.2, 0) is 4.74 Å². The Morgan fingerprint density at radius 2 is 1.83 bits per heavy atom. The second-order valence-corrected chi connectivity index (χ2v) is 8.93. The third kappa shape index (κ3) is 3.24. The van der Waals surface area contributed by atoms with Crippen LogP contribution < -0.4 is 5.32 Å². The van der Waals surface area contributed by atoms with Gasteiger partial charge in [-0.3, -0.25) is 4.99 Å². The Morgan fingerprint density at radius 1 is 1.17 bits per heavy atom. The van der Waals surface area contributed by atoms with E-state index in [4.69, 9.17) is 4.74 Å². The number of hydrogen-bond donors (Lipinski definition) is 1. The highest BCUT2D eigenvalue weighted by Gasteiger charge is 2.50. The molecule has 1 heterocycles. The summed E-state index contributed by atoms with van der Waals surface area (Å²) < 4.78 is 5.51. The molecule has 23 heavy (non-hydrogen) atoms. The van der Waals surface area contributed by atoms with Crippen molar-refractivity contribution in [2.75, 3.05) is 40.4 Å². The Bertz CT molecular complexity index is 420. The van der Waals surface area contributed by atoms with Gasteiger partial charge in [-0.2, -0.15) is 0 Å². The molecule has 0 amide bonds. The lowest BCUT2D eigenvalue weighted by Gasteiger charge is -2.57. The van der Waals surface area contributed by atoms with Crippen molar-refractivity contribution in [1.29, 1.82) is 0 Å². The Hall–Kier alpha value is -0.770. The van der Waals surface area contributed by atoms with Crippen molar-refractivity contribution in [2.45, 2.75) is 44.9 Å². The topological polar surface area (TPSA) is 36.9 Å². The van der Waals surface area contributed by atoms with Crippen LogP contribution in [0.5, 0.6) is 0 Å². The molecule has 0 spiro atoms. The van der Waals surface area contributed by atoms with Crippen LogP contribution in [0.15, 0.2) is 4.99 Å². The molecule has 4 bridgehead atoms. The van der Waals surface area contributed by atoms with Crippen molar-refractivity contribution in [3.63, 3.8) is 0 Å². The number of guanidine groups is 1. The van der Waals surface area contributed by atoms with Crippen molar-refractivity contribution in [2.24, 2.45) is 34.1 Å². The fourth-order valence-corrected chi connectivity index (χ4v) is 6.36. The van der Waals surface area contributed by atoms with Gasteiger partial charge >= 0.3 is 0 Å². The maximum Gasteiger partial charge on any atom is 0.193 e. The fraction of sp³-hybridized carbons (Fsp3) is 0.947. The van der Waals surface area contributed by atoms with Gasteiger partial charge in [-0.05, 0) is 68.1 Å². The van der Waals surface area contributed by atoms with Crippen molar-refractivity contribution in [1.82, 2.24) is 10.2 Å². The van der Waals surface area contributed by atoms with Gasteiger partial charge in [0.15, 0.2) is 5.96 Å². The van der Waals surface area contributed by atoms with E-state index < -0.39 is 0 Å². The van der Waals surface area contributed by atoms with Crippen molar-refractivity contribution in [3.05, 3.63) is 0 Å². The van der Waals surface area contributed by atoms with Crippen molar-refractivity contribution >= 4 is 5.96 Å². The highest BCUT2D eigenvalue weighted by Crippen LogP contribution is 2.59. The average Bonchev–Trinajstić information content (AvgIpc) is 2.99. The van der Waals surface area contributed by atoms with Gasteiger partial charge < -0.3 is 15.0 Å². The molecule has 4 saturated carbocycles. The summed E-state index contributed by atoms with van der Waals surface area (Å²) in [5, 5.41) is 3.74. The Morgan fingerprint density at radius 3 is 2.35 bits per heavy atom. The van der Waals surface area contributed by atoms with Crippen LogP contribution in [0.25, 0.3) is 0 Å². The van der Waals surface area contributed by atoms with Gasteiger partial charge in [0.2, 0.25) is 0 Å². The summed E-state index contributed by atoms with van der Waals surface area (Å²) in [6.07, 6.45) is 10.1. The van der Waals surface area contributed by atoms with Crippen LogP contribution in [0.2, 0.25) is 0 Å². The number of ether oxygens (including phenoxy) is 1. The first-order valence-electron chi connectivity index (χ1n) is 9.65. The Balaban J connectivity index is 1.33. The van der Waals surface area contributed by atoms with Gasteiger partial charge in [0, 0.05) is 39.7 Å². The summed E-state index contributed by atoms with van der Waals surface area (Å²) in [6, 6.07) is 0. The summed E-state index contributed by atoms with van der Waals surface area (Å²) in [7, 11) is 4.09. The molecule has 1 N–H and O–H groups in total. The van der Waals surface area contributed by atoms with Gasteiger partial charge in [-0.1, -0.05) is 0 Å². The molecule has 5 rings (SSSR count). The lowest BCUT2D eigenvalue weighted by Crippen LogP contribution is -2.53. The normalized spacial score (nSPS) is 42.3. The quantitative estimate of drug-likeness (QED) is 0.639. The predicted molar refractivity (Wildman–Crippen MR) is 93.5 cm³/mol. The second kappa shape index (κ2) is 6.27. The van der Waals surface area contributed by atoms with Crippen LogP contribution >= 0.6 is 0 Å². The molecule has 130 valence electrons. The molecule has 0 aromatic heterocycles. The summed E-state index contributed by atoms with van der Waals surface area (Å²) >= 11 is 0. The third-order valence-electron chi connectivity index (χ3n) is 6.92. The molecular weight excluding hydrogens is 286 g/mol. The second-order valence-electron chi connectivity index (χ2n) is 8.93. The fourth-order valence-electron chi connectivity index (χ4n) is 6.36. The molecule has 4 aliphatic carbocycles. The summed E-state index contributed by atoms with van der Waals surface area (Å²) in [5.41, 5.74) is 0.571. The highest BCUT2D eigenvalue weighted by molar-refractivity contribution is 5.79. The van der Waals surface area contributed by atoms with E-state index in [9.17, 15) is 0 Å². The van der Waals surface area contributed by atoms with E-state index in [0.29, 0.717) is 11.3 Å². The molecule has 1 atom stereocenters. The van der Waals surface area contributed by atoms with E-state index >= 15 is 0 Å². The standard InChI is InChI=1S/C19H33N3O/c1-20-18(22(2)11-14-3-4-23-12-14)21-13-19-8-15-5-16(9-19)7-17(6-15)10-19/h14-17H,3-13H2,1-2H3,(H,20,21). The van der Waals surface area contributed by atoms with Gasteiger partial charge in [-0.15, -0.1) is 0 Å². The Labute approximate surface area is 141 Å². The van der Waals surface area contributed by atoms with Crippen LogP contribution in [0.1, 0.15) is 44.9 Å². The largest absolute Gasteiger partial charge is 0.381 e. The minimum absolute atomic E-state index is 0.571. The maximum atomic E-state index is 5.51. The summed E-state index contributed by atoms with van der Waals surface area (Å²) in [6.45, 7) is 4.03. The maximum absolute atomic E-state index is 5.51. The molecule has 1 saturated heterocycles. The lowest BCUT2D eigenvalue weighted by molar-refractivity contribution is -0.0494. The zero-order valence-corrected chi connectivity index (χ0v) is 14.9. The minimum Gasteiger partial charge on any atom is -0.381 e. The SMILES string of the molecule is CN=C(NCC12CC3CC(CC(C3)C1)C2)N(C)CC1CCOC1. The van der Waals surface area contributed by atoms with Gasteiger partial charge in [0.05, 0.1) is 6.61 Å². The van der Waals surface area contributed by atoms with Crippen LogP contribution in [-0.4, -0.2) is 51.3 Å². The number of aliphatic imine (C=N–C) groups is 1. The first-order chi connectivity index (χ1) is 11.2. The van der Waals surface area contributed by atoms with E-state index in [1.54, 1.807) is 0 Å². The van der Waals surface area contributed by atoms with Gasteiger partial charge in [-0.25, -0.2) is 0 Å². The third-order valence-corrected chi connectivity index (χ3v) is 6.92. The summed E-state index contributed by atoms with van der Waals surface area (Å²) in [4.78, 5) is 6.84. The first-order valence-corrected chi connectivity index (χ1v) is 9.65. The molecule has 0 radical (unpaired) electrons. The lowest BCUT2D eigenvalue weighted by atomic mass is 9.49. The predicted octanol–water partition coefficient (Wildman–Crippen LogP) is 2.75. The van der Waals surface area contributed by atoms with E-state index in [1.807, 2.05) is 7.05 Å². The number of nitrogens with one attached hydrogen (secondary N) is 1. The number of hydrogen-bond acceptors (Lipinski definition) is 2. The van der Waals surface area contributed by atoms with Gasteiger partial charge in [0.1, 0.15) is 0 Å². The molecule has 0 aromatic carbocycles. The zero-order chi connectivity index (χ0) is 15.9. The zero-order valence-electron chi connectivity index (χ0n) is 14.9. The molecule has 5 aliphatic rings. The van der Waals surface area contributed by atoms with E-state index in [-0.39, 0.29) is 0 Å². The van der Waals surface area contributed by atoms with Gasteiger partial charge in [0.25, 0.3) is 0 Å². The van der Waals surface area contributed by atoms with Crippen LogP contribution in [0.4, 0.5) is 0 Å². The van der Waals surface area contributed by atoms with Crippen LogP contribution in [0, 0.1) is 29.1 Å². The molecule has 4 nitrogen and oxygen atoms in total. The smallest absolute Gasteiger partial charge is 0.193 e. The van der Waals surface area contributed by atoms with E-state index in [2.05, 4.69) is 22.3 Å². The van der Waals surface area contributed by atoms with Crippen LogP contribution in [0.3, 0.4) is 0 Å². The summed E-state index contributed by atoms with van der Waals surface area (Å²) in [5.74, 6) is 4.82. The Kier molecular flexibility index (Phi) is 4.29. The number of rotatable bonds is 4. The minimum atomic E-state index is 0.571. The molecule has 1 aliphatic heterocycles. The van der Waals surface area contributed by atoms with E-state index in [0.717, 1.165) is 50.0 Å².